The smallest absolute Gasteiger partial charge is 0.0282 e. The molecule has 110 valence electrons. The first-order chi connectivity index (χ1) is 9.40. The van der Waals surface area contributed by atoms with Crippen LogP contribution in [0.1, 0.15) is 84.0 Å². The first kappa shape index (κ1) is 15.1. The van der Waals surface area contributed by atoms with Crippen LogP contribution in [0.2, 0.25) is 0 Å². The summed E-state index contributed by atoms with van der Waals surface area (Å²) in [5.74, 6) is 1.00. The van der Waals surface area contributed by atoms with Crippen molar-refractivity contribution in [2.24, 2.45) is 5.92 Å². The van der Waals surface area contributed by atoms with Crippen molar-refractivity contribution in [3.8, 4) is 0 Å². The maximum absolute atomic E-state index is 3.85. The highest BCUT2D eigenvalue weighted by Crippen LogP contribution is 2.31. The molecular formula is C18H33N. The van der Waals surface area contributed by atoms with Gasteiger partial charge in [-0.05, 0) is 51.0 Å². The molecule has 1 heteroatoms. The van der Waals surface area contributed by atoms with Crippen molar-refractivity contribution in [2.75, 3.05) is 6.54 Å². The van der Waals surface area contributed by atoms with E-state index in [9.17, 15) is 0 Å². The Morgan fingerprint density at radius 1 is 1.11 bits per heavy atom. The van der Waals surface area contributed by atoms with Gasteiger partial charge < -0.3 is 5.32 Å². The van der Waals surface area contributed by atoms with Crippen molar-refractivity contribution >= 4 is 0 Å². The third kappa shape index (κ3) is 5.30. The zero-order valence-corrected chi connectivity index (χ0v) is 12.9. The van der Waals surface area contributed by atoms with Gasteiger partial charge in [-0.3, -0.25) is 0 Å². The van der Waals surface area contributed by atoms with Gasteiger partial charge in [0, 0.05) is 6.04 Å². The van der Waals surface area contributed by atoms with Crippen LogP contribution in [0.3, 0.4) is 0 Å². The molecule has 0 heterocycles. The van der Waals surface area contributed by atoms with Crippen LogP contribution in [0.15, 0.2) is 11.6 Å². The Morgan fingerprint density at radius 3 is 2.68 bits per heavy atom. The molecule has 1 fully saturated rings. The molecule has 19 heavy (non-hydrogen) atoms. The summed E-state index contributed by atoms with van der Waals surface area (Å²) in [6, 6.07) is 0.696. The predicted octanol–water partition coefficient (Wildman–Crippen LogP) is 5.22. The molecule has 2 rings (SSSR count). The lowest BCUT2D eigenvalue weighted by atomic mass is 9.88. The van der Waals surface area contributed by atoms with Gasteiger partial charge in [-0.25, -0.2) is 0 Å². The molecule has 0 bridgehead atoms. The molecule has 0 aromatic carbocycles. The van der Waals surface area contributed by atoms with Gasteiger partial charge in [0.2, 0.25) is 0 Å². The quantitative estimate of drug-likeness (QED) is 0.648. The molecule has 0 spiro atoms. The third-order valence-corrected chi connectivity index (χ3v) is 4.96. The van der Waals surface area contributed by atoms with Crippen molar-refractivity contribution < 1.29 is 0 Å². The molecule has 0 saturated heterocycles. The fraction of sp³-hybridized carbons (Fsp3) is 0.889. The number of allylic oxidation sites excluding steroid dienone is 1. The zero-order chi connectivity index (χ0) is 13.3. The Labute approximate surface area is 120 Å². The monoisotopic (exact) mass is 263 g/mol. The topological polar surface area (TPSA) is 12.0 Å². The fourth-order valence-corrected chi connectivity index (χ4v) is 3.80. The molecule has 1 saturated carbocycles. The van der Waals surface area contributed by atoms with Crippen LogP contribution in [-0.4, -0.2) is 12.6 Å². The Hall–Kier alpha value is -0.300. The zero-order valence-electron chi connectivity index (χ0n) is 12.9. The maximum atomic E-state index is 3.85. The highest BCUT2D eigenvalue weighted by atomic mass is 14.9. The van der Waals surface area contributed by atoms with Crippen LogP contribution in [0.5, 0.6) is 0 Å². The van der Waals surface area contributed by atoms with Crippen LogP contribution in [-0.2, 0) is 0 Å². The summed E-state index contributed by atoms with van der Waals surface area (Å²) >= 11 is 0. The van der Waals surface area contributed by atoms with E-state index in [2.05, 4.69) is 18.3 Å². The van der Waals surface area contributed by atoms with E-state index in [1.165, 1.54) is 83.6 Å². The predicted molar refractivity (Wildman–Crippen MR) is 84.4 cm³/mol. The third-order valence-electron chi connectivity index (χ3n) is 4.96. The Bertz CT molecular complexity index is 263. The standard InChI is InChI=1S/C18H33N/c1-2-14-19-18(15-16-10-8-9-11-16)17-12-6-4-3-5-7-13-17/h12,16,18-19H,2-11,13-15H2,1H3. The molecule has 1 unspecified atom stereocenters. The normalized spacial score (nSPS) is 23.7. The molecule has 2 aliphatic carbocycles. The highest BCUT2D eigenvalue weighted by Gasteiger charge is 2.22. The van der Waals surface area contributed by atoms with E-state index >= 15 is 0 Å². The van der Waals surface area contributed by atoms with Crippen molar-refractivity contribution in [2.45, 2.75) is 90.0 Å². The summed E-state index contributed by atoms with van der Waals surface area (Å²) in [7, 11) is 0. The summed E-state index contributed by atoms with van der Waals surface area (Å²) in [5, 5.41) is 3.85. The van der Waals surface area contributed by atoms with Crippen molar-refractivity contribution in [3.63, 3.8) is 0 Å². The lowest BCUT2D eigenvalue weighted by Crippen LogP contribution is -2.33. The largest absolute Gasteiger partial charge is 0.310 e. The molecule has 1 atom stereocenters. The lowest BCUT2D eigenvalue weighted by molar-refractivity contribution is 0.407. The van der Waals surface area contributed by atoms with Crippen LogP contribution in [0.25, 0.3) is 0 Å². The Kier molecular flexibility index (Phi) is 6.98. The average Bonchev–Trinajstić information content (AvgIpc) is 2.87. The summed E-state index contributed by atoms with van der Waals surface area (Å²) in [5.41, 5.74) is 1.75. The SMILES string of the molecule is CCCNC(CC1CCCC1)C1=CCCCCCC1. The Balaban J connectivity index is 1.92. The van der Waals surface area contributed by atoms with Crippen molar-refractivity contribution in [1.82, 2.24) is 5.32 Å². The van der Waals surface area contributed by atoms with Gasteiger partial charge in [-0.1, -0.05) is 57.1 Å². The van der Waals surface area contributed by atoms with Gasteiger partial charge >= 0.3 is 0 Å². The van der Waals surface area contributed by atoms with Gasteiger partial charge in [0.1, 0.15) is 0 Å². The van der Waals surface area contributed by atoms with E-state index in [-0.39, 0.29) is 0 Å². The summed E-state index contributed by atoms with van der Waals surface area (Å²) in [4.78, 5) is 0. The van der Waals surface area contributed by atoms with Crippen LogP contribution in [0.4, 0.5) is 0 Å². The number of nitrogens with one attached hydrogen (secondary N) is 1. The van der Waals surface area contributed by atoms with Gasteiger partial charge in [-0.2, -0.15) is 0 Å². The minimum Gasteiger partial charge on any atom is -0.310 e. The van der Waals surface area contributed by atoms with Crippen molar-refractivity contribution in [3.05, 3.63) is 11.6 Å². The second-order valence-corrected chi connectivity index (χ2v) is 6.62. The molecular weight excluding hydrogens is 230 g/mol. The number of hydrogen-bond donors (Lipinski definition) is 1. The second-order valence-electron chi connectivity index (χ2n) is 6.62. The molecule has 2 aliphatic rings. The highest BCUT2D eigenvalue weighted by molar-refractivity contribution is 5.12. The van der Waals surface area contributed by atoms with Crippen LogP contribution in [0, 0.1) is 5.92 Å². The van der Waals surface area contributed by atoms with E-state index in [0.717, 1.165) is 5.92 Å². The molecule has 0 aromatic rings. The summed E-state index contributed by atoms with van der Waals surface area (Å²) in [6.45, 7) is 3.47. The minimum absolute atomic E-state index is 0.696. The molecule has 0 amide bonds. The maximum Gasteiger partial charge on any atom is 0.0282 e. The molecule has 1 nitrogen and oxygen atoms in total. The van der Waals surface area contributed by atoms with E-state index in [1.807, 2.05) is 0 Å². The van der Waals surface area contributed by atoms with E-state index < -0.39 is 0 Å². The van der Waals surface area contributed by atoms with Crippen LogP contribution < -0.4 is 5.32 Å². The summed E-state index contributed by atoms with van der Waals surface area (Å²) in [6.07, 6.45) is 19.6. The van der Waals surface area contributed by atoms with E-state index in [1.54, 1.807) is 5.57 Å². The molecule has 0 aromatic heterocycles. The lowest BCUT2D eigenvalue weighted by Gasteiger charge is -2.26. The van der Waals surface area contributed by atoms with Gasteiger partial charge in [0.15, 0.2) is 0 Å². The first-order valence-electron chi connectivity index (χ1n) is 8.82. The van der Waals surface area contributed by atoms with Gasteiger partial charge in [0.25, 0.3) is 0 Å². The second kappa shape index (κ2) is 8.79. The molecule has 0 radical (unpaired) electrons. The number of hydrogen-bond acceptors (Lipinski definition) is 1. The average molecular weight is 263 g/mol. The summed E-state index contributed by atoms with van der Waals surface area (Å²) < 4.78 is 0. The fourth-order valence-electron chi connectivity index (χ4n) is 3.80. The first-order valence-corrected chi connectivity index (χ1v) is 8.82. The molecule has 0 aliphatic heterocycles. The van der Waals surface area contributed by atoms with Gasteiger partial charge in [-0.15, -0.1) is 0 Å². The van der Waals surface area contributed by atoms with Crippen molar-refractivity contribution in [1.29, 1.82) is 0 Å². The molecule has 1 N–H and O–H groups in total. The van der Waals surface area contributed by atoms with Crippen LogP contribution >= 0.6 is 0 Å². The van der Waals surface area contributed by atoms with Gasteiger partial charge in [0.05, 0.1) is 0 Å². The Morgan fingerprint density at radius 2 is 1.89 bits per heavy atom. The van der Waals surface area contributed by atoms with E-state index in [4.69, 9.17) is 0 Å². The van der Waals surface area contributed by atoms with E-state index in [0.29, 0.717) is 6.04 Å². The number of rotatable bonds is 6. The minimum atomic E-state index is 0.696.